The van der Waals surface area contributed by atoms with Gasteiger partial charge in [0.2, 0.25) is 0 Å². The molecule has 0 bridgehead atoms. The van der Waals surface area contributed by atoms with Gasteiger partial charge in [0.15, 0.2) is 11.5 Å². The maximum atomic E-state index is 13.0. The summed E-state index contributed by atoms with van der Waals surface area (Å²) in [7, 11) is 0. The van der Waals surface area contributed by atoms with Gasteiger partial charge >= 0.3 is 0 Å². The number of aryl methyl sites for hydroxylation is 2. The first-order valence-corrected chi connectivity index (χ1v) is 9.30. The van der Waals surface area contributed by atoms with Crippen molar-refractivity contribution in [2.24, 2.45) is 0 Å². The van der Waals surface area contributed by atoms with E-state index in [9.17, 15) is 4.79 Å². The van der Waals surface area contributed by atoms with E-state index in [1.807, 2.05) is 43.0 Å². The average molecular weight is 416 g/mol. The molecule has 3 heterocycles. The number of hydrogen-bond donors (Lipinski definition) is 0. The molecule has 0 saturated carbocycles. The Balaban J connectivity index is 1.60. The number of aromatic nitrogens is 2. The van der Waals surface area contributed by atoms with Crippen LogP contribution >= 0.6 is 15.9 Å². The first kappa shape index (κ1) is 17.0. The monoisotopic (exact) mass is 415 g/mol. The lowest BCUT2D eigenvalue weighted by Gasteiger charge is -2.23. The normalized spacial score (nSPS) is 17.0. The van der Waals surface area contributed by atoms with Gasteiger partial charge in [0, 0.05) is 28.2 Å². The highest BCUT2D eigenvalue weighted by atomic mass is 79.9. The van der Waals surface area contributed by atoms with Gasteiger partial charge < -0.3 is 13.9 Å². The molecule has 2 aromatic heterocycles. The minimum Gasteiger partial charge on any atom is -0.361 e. The Kier molecular flexibility index (Phi) is 4.40. The molecular formula is C19H18BrN3O3. The molecule has 0 N–H and O–H groups in total. The molecule has 1 atom stereocenters. The minimum absolute atomic E-state index is 0.0263. The maximum absolute atomic E-state index is 13.0. The van der Waals surface area contributed by atoms with Gasteiger partial charge in [-0.2, -0.15) is 0 Å². The topological polar surface area (TPSA) is 72.4 Å². The van der Waals surface area contributed by atoms with Gasteiger partial charge in [-0.1, -0.05) is 38.4 Å². The number of benzene rings is 1. The molecule has 6 nitrogen and oxygen atoms in total. The van der Waals surface area contributed by atoms with Crippen LogP contribution in [0.15, 0.2) is 43.9 Å². The van der Waals surface area contributed by atoms with Crippen LogP contribution in [0.4, 0.5) is 0 Å². The number of carbonyl (C=O) groups is 1. The SMILES string of the molecule is Cc1noc(C)c1[C@@H]1CCCN1C(=O)c1cc(-c2ccc(Br)cc2)on1. The lowest BCUT2D eigenvalue weighted by Crippen LogP contribution is -2.31. The first-order chi connectivity index (χ1) is 12.5. The van der Waals surface area contributed by atoms with Crippen molar-refractivity contribution in [2.75, 3.05) is 6.54 Å². The van der Waals surface area contributed by atoms with Crippen molar-refractivity contribution in [1.29, 1.82) is 0 Å². The van der Waals surface area contributed by atoms with Gasteiger partial charge in [-0.25, -0.2) is 0 Å². The zero-order valence-corrected chi connectivity index (χ0v) is 16.1. The lowest BCUT2D eigenvalue weighted by molar-refractivity contribution is 0.0724. The number of hydrogen-bond acceptors (Lipinski definition) is 5. The second-order valence-corrected chi connectivity index (χ2v) is 7.39. The van der Waals surface area contributed by atoms with Crippen LogP contribution in [0.2, 0.25) is 0 Å². The molecule has 134 valence electrons. The van der Waals surface area contributed by atoms with E-state index in [0.717, 1.165) is 39.9 Å². The smallest absolute Gasteiger partial charge is 0.276 e. The predicted octanol–water partition coefficient (Wildman–Crippen LogP) is 4.69. The summed E-state index contributed by atoms with van der Waals surface area (Å²) in [5, 5.41) is 8.03. The number of halogens is 1. The van der Waals surface area contributed by atoms with E-state index in [2.05, 4.69) is 26.2 Å². The Bertz CT molecular complexity index is 926. The van der Waals surface area contributed by atoms with Crippen molar-refractivity contribution < 1.29 is 13.8 Å². The van der Waals surface area contributed by atoms with Crippen molar-refractivity contribution in [1.82, 2.24) is 15.2 Å². The molecule has 1 aromatic carbocycles. The fourth-order valence-corrected chi connectivity index (χ4v) is 3.81. The quantitative estimate of drug-likeness (QED) is 0.620. The highest BCUT2D eigenvalue weighted by Crippen LogP contribution is 2.36. The number of rotatable bonds is 3. The van der Waals surface area contributed by atoms with E-state index in [4.69, 9.17) is 9.05 Å². The molecule has 0 radical (unpaired) electrons. The third-order valence-electron chi connectivity index (χ3n) is 4.79. The van der Waals surface area contributed by atoms with E-state index in [1.165, 1.54) is 0 Å². The van der Waals surface area contributed by atoms with Crippen molar-refractivity contribution in [3.05, 3.63) is 57.5 Å². The average Bonchev–Trinajstić information content (AvgIpc) is 3.35. The van der Waals surface area contributed by atoms with Crippen molar-refractivity contribution in [3.8, 4) is 11.3 Å². The zero-order chi connectivity index (χ0) is 18.3. The van der Waals surface area contributed by atoms with Gasteiger partial charge in [-0.15, -0.1) is 0 Å². The van der Waals surface area contributed by atoms with Gasteiger partial charge in [-0.05, 0) is 38.8 Å². The van der Waals surface area contributed by atoms with Gasteiger partial charge in [0.1, 0.15) is 5.76 Å². The Morgan fingerprint density at radius 2 is 1.96 bits per heavy atom. The second kappa shape index (κ2) is 6.72. The first-order valence-electron chi connectivity index (χ1n) is 8.51. The van der Waals surface area contributed by atoms with E-state index in [1.54, 1.807) is 6.07 Å². The molecule has 0 spiro atoms. The molecule has 1 aliphatic heterocycles. The van der Waals surface area contributed by atoms with E-state index < -0.39 is 0 Å². The van der Waals surface area contributed by atoms with Gasteiger partial charge in [0.05, 0.1) is 11.7 Å². The molecule has 0 unspecified atom stereocenters. The number of amides is 1. The maximum Gasteiger partial charge on any atom is 0.276 e. The van der Waals surface area contributed by atoms with Gasteiger partial charge in [-0.3, -0.25) is 4.79 Å². The van der Waals surface area contributed by atoms with E-state index in [-0.39, 0.29) is 11.9 Å². The van der Waals surface area contributed by atoms with Crippen molar-refractivity contribution in [2.45, 2.75) is 32.7 Å². The summed E-state index contributed by atoms with van der Waals surface area (Å²) in [5.41, 5.74) is 3.04. The van der Waals surface area contributed by atoms with Crippen LogP contribution in [-0.4, -0.2) is 27.7 Å². The Morgan fingerprint density at radius 3 is 2.65 bits per heavy atom. The van der Waals surface area contributed by atoms with E-state index in [0.29, 0.717) is 18.0 Å². The summed E-state index contributed by atoms with van der Waals surface area (Å²) in [5.74, 6) is 1.22. The van der Waals surface area contributed by atoms with Crippen LogP contribution in [0.25, 0.3) is 11.3 Å². The molecule has 3 aromatic rings. The molecular weight excluding hydrogens is 398 g/mol. The minimum atomic E-state index is -0.125. The lowest BCUT2D eigenvalue weighted by atomic mass is 10.0. The fourth-order valence-electron chi connectivity index (χ4n) is 3.55. The van der Waals surface area contributed by atoms with E-state index >= 15 is 0 Å². The Hall–Kier alpha value is -2.41. The summed E-state index contributed by atoms with van der Waals surface area (Å²) in [6, 6.07) is 9.36. The van der Waals surface area contributed by atoms with Crippen LogP contribution in [0.5, 0.6) is 0 Å². The predicted molar refractivity (Wildman–Crippen MR) is 98.6 cm³/mol. The highest BCUT2D eigenvalue weighted by Gasteiger charge is 2.35. The molecule has 1 fully saturated rings. The highest BCUT2D eigenvalue weighted by molar-refractivity contribution is 9.10. The Morgan fingerprint density at radius 1 is 1.19 bits per heavy atom. The second-order valence-electron chi connectivity index (χ2n) is 6.48. The van der Waals surface area contributed by atoms with Crippen molar-refractivity contribution in [3.63, 3.8) is 0 Å². The third kappa shape index (κ3) is 2.96. The summed E-state index contributed by atoms with van der Waals surface area (Å²) >= 11 is 3.41. The van der Waals surface area contributed by atoms with Crippen molar-refractivity contribution >= 4 is 21.8 Å². The van der Waals surface area contributed by atoms with Crippen LogP contribution in [0.3, 0.4) is 0 Å². The van der Waals surface area contributed by atoms with Gasteiger partial charge in [0.25, 0.3) is 5.91 Å². The summed E-state index contributed by atoms with van der Waals surface area (Å²) in [6.07, 6.45) is 1.84. The number of likely N-dealkylation sites (tertiary alicyclic amines) is 1. The summed E-state index contributed by atoms with van der Waals surface area (Å²) < 4.78 is 11.7. The summed E-state index contributed by atoms with van der Waals surface area (Å²) in [6.45, 7) is 4.49. The molecule has 1 aliphatic rings. The molecule has 1 saturated heterocycles. The Labute approximate surface area is 159 Å². The largest absolute Gasteiger partial charge is 0.361 e. The molecule has 4 rings (SSSR count). The fraction of sp³-hybridized carbons (Fsp3) is 0.316. The molecule has 0 aliphatic carbocycles. The third-order valence-corrected chi connectivity index (χ3v) is 5.32. The van der Waals surface area contributed by atoms with Crippen LogP contribution < -0.4 is 0 Å². The molecule has 1 amide bonds. The zero-order valence-electron chi connectivity index (χ0n) is 14.5. The van der Waals surface area contributed by atoms with Crippen LogP contribution in [0, 0.1) is 13.8 Å². The van der Waals surface area contributed by atoms with Crippen LogP contribution in [0.1, 0.15) is 46.4 Å². The summed E-state index contributed by atoms with van der Waals surface area (Å²) in [4.78, 5) is 14.9. The molecule has 26 heavy (non-hydrogen) atoms. The standard InChI is InChI=1S/C19H18BrN3O3/c1-11-18(12(2)25-21-11)16-4-3-9-23(16)19(24)15-10-17(26-22-15)13-5-7-14(20)8-6-13/h5-8,10,16H,3-4,9H2,1-2H3/t16-/m0/s1. The molecule has 7 heteroatoms. The van der Waals surface area contributed by atoms with Crippen LogP contribution in [-0.2, 0) is 0 Å². The number of carbonyl (C=O) groups excluding carboxylic acids is 1. The number of nitrogens with zero attached hydrogens (tertiary/aromatic N) is 3.